The fourth-order valence-electron chi connectivity index (χ4n) is 4.37. The number of anilines is 1. The molecule has 2 aliphatic rings. The molecule has 6 heteroatoms. The van der Waals surface area contributed by atoms with Gasteiger partial charge < -0.3 is 9.80 Å². The second-order valence-corrected chi connectivity index (χ2v) is 8.26. The molecule has 158 valence electrons. The highest BCUT2D eigenvalue weighted by atomic mass is 16.2. The molecule has 3 heterocycles. The van der Waals surface area contributed by atoms with Crippen molar-refractivity contribution >= 4 is 11.7 Å². The Morgan fingerprint density at radius 3 is 2.60 bits per heavy atom. The van der Waals surface area contributed by atoms with Crippen LogP contribution in [0.25, 0.3) is 0 Å². The van der Waals surface area contributed by atoms with E-state index >= 15 is 0 Å². The highest BCUT2D eigenvalue weighted by Crippen LogP contribution is 2.31. The minimum atomic E-state index is 0.0107. The number of nitrogens with zero attached hydrogens (tertiary/aromatic N) is 5. The van der Waals surface area contributed by atoms with E-state index in [1.54, 1.807) is 0 Å². The van der Waals surface area contributed by atoms with Gasteiger partial charge in [0.1, 0.15) is 11.6 Å². The Bertz CT molecular complexity index is 962. The number of aryl methyl sites for hydroxylation is 2. The van der Waals surface area contributed by atoms with Crippen LogP contribution < -0.4 is 4.90 Å². The molecular weight excluding hydrogens is 374 g/mol. The van der Waals surface area contributed by atoms with Crippen LogP contribution in [0.2, 0.25) is 0 Å². The first-order chi connectivity index (χ1) is 14.5. The van der Waals surface area contributed by atoms with Crippen molar-refractivity contribution < 1.29 is 4.79 Å². The van der Waals surface area contributed by atoms with Gasteiger partial charge in [-0.05, 0) is 36.6 Å². The lowest BCUT2D eigenvalue weighted by Gasteiger charge is -2.35. The molecule has 2 aromatic rings. The third-order valence-electron chi connectivity index (χ3n) is 6.36. The largest absolute Gasteiger partial charge is 0.353 e. The first kappa shape index (κ1) is 20.5. The Kier molecular flexibility index (Phi) is 5.86. The minimum absolute atomic E-state index is 0.0107. The van der Waals surface area contributed by atoms with Gasteiger partial charge in [0.25, 0.3) is 0 Å². The topological polar surface area (TPSA) is 52.6 Å². The first-order valence-electron chi connectivity index (χ1n) is 10.8. The monoisotopic (exact) mass is 405 g/mol. The van der Waals surface area contributed by atoms with Crippen LogP contribution in [0, 0.1) is 13.8 Å². The van der Waals surface area contributed by atoms with E-state index in [9.17, 15) is 4.79 Å². The first-order valence-corrected chi connectivity index (χ1v) is 10.8. The van der Waals surface area contributed by atoms with E-state index in [0.717, 1.165) is 56.5 Å². The van der Waals surface area contributed by atoms with Crippen molar-refractivity contribution in [1.82, 2.24) is 19.8 Å². The molecule has 4 rings (SSSR count). The van der Waals surface area contributed by atoms with Crippen molar-refractivity contribution in [2.75, 3.05) is 31.1 Å². The van der Waals surface area contributed by atoms with E-state index < -0.39 is 0 Å². The zero-order valence-electron chi connectivity index (χ0n) is 18.3. The van der Waals surface area contributed by atoms with E-state index in [1.165, 1.54) is 28.3 Å². The van der Waals surface area contributed by atoms with Gasteiger partial charge in [0.2, 0.25) is 5.91 Å². The Morgan fingerprint density at radius 1 is 1.13 bits per heavy atom. The van der Waals surface area contributed by atoms with Gasteiger partial charge in [-0.2, -0.15) is 0 Å². The van der Waals surface area contributed by atoms with Crippen molar-refractivity contribution in [2.45, 2.75) is 46.8 Å². The maximum Gasteiger partial charge on any atom is 0.246 e. The third kappa shape index (κ3) is 3.97. The fraction of sp³-hybridized carbons (Fsp3) is 0.458. The average Bonchev–Trinajstić information content (AvgIpc) is 3.18. The molecule has 1 aromatic carbocycles. The second kappa shape index (κ2) is 8.56. The molecule has 0 radical (unpaired) electrons. The maximum absolute atomic E-state index is 11.9. The van der Waals surface area contributed by atoms with E-state index in [-0.39, 0.29) is 5.91 Å². The van der Waals surface area contributed by atoms with E-state index in [2.05, 4.69) is 55.3 Å². The van der Waals surface area contributed by atoms with Crippen LogP contribution >= 0.6 is 0 Å². The number of carbonyl (C=O) groups excluding carboxylic acids is 1. The summed E-state index contributed by atoms with van der Waals surface area (Å²) in [6.45, 7) is 15.7. The number of benzene rings is 1. The Morgan fingerprint density at radius 2 is 1.90 bits per heavy atom. The molecule has 6 nitrogen and oxygen atoms in total. The van der Waals surface area contributed by atoms with Crippen LogP contribution in [-0.2, 0) is 30.8 Å². The van der Waals surface area contributed by atoms with E-state index in [0.29, 0.717) is 13.1 Å². The number of amides is 1. The molecule has 0 unspecified atom stereocenters. The van der Waals surface area contributed by atoms with Crippen molar-refractivity contribution in [2.24, 2.45) is 0 Å². The van der Waals surface area contributed by atoms with Crippen molar-refractivity contribution in [3.05, 3.63) is 64.6 Å². The smallest absolute Gasteiger partial charge is 0.246 e. The van der Waals surface area contributed by atoms with Gasteiger partial charge in [-0.15, -0.1) is 0 Å². The fourth-order valence-corrected chi connectivity index (χ4v) is 4.37. The number of hydrogen-bond acceptors (Lipinski definition) is 5. The predicted molar refractivity (Wildman–Crippen MR) is 119 cm³/mol. The van der Waals surface area contributed by atoms with Crippen LogP contribution in [0.5, 0.6) is 0 Å². The summed E-state index contributed by atoms with van der Waals surface area (Å²) in [6, 6.07) is 6.54. The van der Waals surface area contributed by atoms with Gasteiger partial charge in [-0.25, -0.2) is 9.97 Å². The molecule has 0 spiro atoms. The molecule has 0 saturated carbocycles. The Labute approximate surface area is 179 Å². The molecule has 1 saturated heterocycles. The van der Waals surface area contributed by atoms with Crippen molar-refractivity contribution in [1.29, 1.82) is 0 Å². The van der Waals surface area contributed by atoms with Gasteiger partial charge in [0.05, 0.1) is 5.69 Å². The molecule has 2 aliphatic heterocycles. The number of piperazine rings is 1. The summed E-state index contributed by atoms with van der Waals surface area (Å²) < 4.78 is 0. The number of rotatable bonds is 5. The number of hydrogen-bond donors (Lipinski definition) is 0. The van der Waals surface area contributed by atoms with Crippen LogP contribution in [0.4, 0.5) is 5.82 Å². The van der Waals surface area contributed by atoms with Gasteiger partial charge in [0, 0.05) is 57.8 Å². The van der Waals surface area contributed by atoms with Gasteiger partial charge >= 0.3 is 0 Å². The van der Waals surface area contributed by atoms with E-state index in [4.69, 9.17) is 9.97 Å². The molecule has 1 amide bonds. The molecule has 0 bridgehead atoms. The van der Waals surface area contributed by atoms with Gasteiger partial charge in [0.15, 0.2) is 0 Å². The van der Waals surface area contributed by atoms with Crippen LogP contribution in [0.15, 0.2) is 30.9 Å². The zero-order valence-corrected chi connectivity index (χ0v) is 18.3. The molecule has 0 aliphatic carbocycles. The molecule has 1 aromatic heterocycles. The summed E-state index contributed by atoms with van der Waals surface area (Å²) in [6.07, 6.45) is 2.23. The predicted octanol–water partition coefficient (Wildman–Crippen LogP) is 3.01. The van der Waals surface area contributed by atoms with Crippen LogP contribution in [0.1, 0.15) is 40.7 Å². The molecule has 0 N–H and O–H groups in total. The van der Waals surface area contributed by atoms with Crippen LogP contribution in [-0.4, -0.2) is 51.9 Å². The van der Waals surface area contributed by atoms with Gasteiger partial charge in [-0.3, -0.25) is 9.69 Å². The summed E-state index contributed by atoms with van der Waals surface area (Å²) in [4.78, 5) is 28.3. The molecule has 1 fully saturated rings. The Hall–Kier alpha value is -2.73. The average molecular weight is 406 g/mol. The normalized spacial score (nSPS) is 16.6. The SMILES string of the molecule is C=CC(=O)N1CCN(c2nc(CC)nc3c2CN(Cc2cccc(C)c2C)C3)CC1. The maximum atomic E-state index is 11.9. The quantitative estimate of drug-likeness (QED) is 0.716. The van der Waals surface area contributed by atoms with E-state index in [1.807, 2.05) is 4.90 Å². The second-order valence-electron chi connectivity index (χ2n) is 8.26. The highest BCUT2D eigenvalue weighted by molar-refractivity contribution is 5.87. The van der Waals surface area contributed by atoms with Crippen molar-refractivity contribution in [3.8, 4) is 0 Å². The third-order valence-corrected chi connectivity index (χ3v) is 6.36. The summed E-state index contributed by atoms with van der Waals surface area (Å²) in [5.41, 5.74) is 6.50. The number of aromatic nitrogens is 2. The number of carbonyl (C=O) groups is 1. The minimum Gasteiger partial charge on any atom is -0.353 e. The lowest BCUT2D eigenvalue weighted by molar-refractivity contribution is -0.126. The summed E-state index contributed by atoms with van der Waals surface area (Å²) in [5.74, 6) is 1.98. The number of fused-ring (bicyclic) bond motifs is 1. The lowest BCUT2D eigenvalue weighted by atomic mass is 10.0. The van der Waals surface area contributed by atoms with Gasteiger partial charge in [-0.1, -0.05) is 31.7 Å². The molecule has 30 heavy (non-hydrogen) atoms. The zero-order chi connectivity index (χ0) is 21.3. The molecular formula is C24H31N5O. The van der Waals surface area contributed by atoms with Crippen molar-refractivity contribution in [3.63, 3.8) is 0 Å². The summed E-state index contributed by atoms with van der Waals surface area (Å²) >= 11 is 0. The summed E-state index contributed by atoms with van der Waals surface area (Å²) in [7, 11) is 0. The highest BCUT2D eigenvalue weighted by Gasteiger charge is 2.29. The van der Waals surface area contributed by atoms with Crippen LogP contribution in [0.3, 0.4) is 0 Å². The lowest BCUT2D eigenvalue weighted by Crippen LogP contribution is -2.49. The summed E-state index contributed by atoms with van der Waals surface area (Å²) in [5, 5.41) is 0. The Balaban J connectivity index is 1.54. The standard InChI is InChI=1S/C24H31N5O/c1-5-22-25-21-16-27(14-19-9-7-8-17(3)18(19)4)15-20(21)24(26-22)29-12-10-28(11-13-29)23(30)6-2/h6-9H,2,5,10-16H2,1,3-4H3. The molecule has 0 atom stereocenters.